The van der Waals surface area contributed by atoms with Gasteiger partial charge in [0.25, 0.3) is 0 Å². The fraction of sp³-hybridized carbons (Fsp3) is 0.933. The van der Waals surface area contributed by atoms with Crippen molar-refractivity contribution in [3.8, 4) is 0 Å². The molecule has 0 aromatic rings. The minimum absolute atomic E-state index is 0.146. The molecule has 0 aromatic heterocycles. The summed E-state index contributed by atoms with van der Waals surface area (Å²) < 4.78 is 5.64. The van der Waals surface area contributed by atoms with Crippen LogP contribution in [0.25, 0.3) is 0 Å². The van der Waals surface area contributed by atoms with Gasteiger partial charge in [0.1, 0.15) is 0 Å². The number of ether oxygens (including phenoxy) is 1. The highest BCUT2D eigenvalue weighted by Crippen LogP contribution is 2.20. The summed E-state index contributed by atoms with van der Waals surface area (Å²) in [4.78, 5) is 14.5. The van der Waals surface area contributed by atoms with Crippen LogP contribution < -0.4 is 5.73 Å². The van der Waals surface area contributed by atoms with E-state index >= 15 is 0 Å². The van der Waals surface area contributed by atoms with Gasteiger partial charge in [-0.3, -0.25) is 4.79 Å². The molecule has 0 radical (unpaired) electrons. The molecule has 0 bridgehead atoms. The third-order valence-corrected chi connectivity index (χ3v) is 3.86. The van der Waals surface area contributed by atoms with Crippen molar-refractivity contribution in [2.45, 2.75) is 59.1 Å². The lowest BCUT2D eigenvalue weighted by Gasteiger charge is -2.39. The summed E-state index contributed by atoms with van der Waals surface area (Å²) in [6.07, 6.45) is 2.71. The second-order valence-electron chi connectivity index (χ2n) is 6.19. The largest absolute Gasteiger partial charge is 0.375 e. The summed E-state index contributed by atoms with van der Waals surface area (Å²) in [6, 6.07) is 0.237. The molecule has 1 saturated heterocycles. The van der Waals surface area contributed by atoms with Crippen LogP contribution in [0.3, 0.4) is 0 Å². The maximum Gasteiger partial charge on any atom is 0.223 e. The van der Waals surface area contributed by atoms with Gasteiger partial charge in [0.05, 0.1) is 18.8 Å². The van der Waals surface area contributed by atoms with E-state index in [1.807, 2.05) is 11.8 Å². The fourth-order valence-electron chi connectivity index (χ4n) is 2.78. The third-order valence-electron chi connectivity index (χ3n) is 3.86. The first kappa shape index (κ1) is 16.4. The third kappa shape index (κ3) is 5.11. The van der Waals surface area contributed by atoms with Gasteiger partial charge in [0.15, 0.2) is 0 Å². The van der Waals surface area contributed by atoms with Gasteiger partial charge < -0.3 is 15.4 Å². The van der Waals surface area contributed by atoms with Crippen molar-refractivity contribution in [3.63, 3.8) is 0 Å². The summed E-state index contributed by atoms with van der Waals surface area (Å²) in [5.41, 5.74) is 5.80. The molecule has 3 atom stereocenters. The van der Waals surface area contributed by atoms with Crippen LogP contribution in [0, 0.1) is 11.8 Å². The van der Waals surface area contributed by atoms with Crippen molar-refractivity contribution >= 4 is 5.91 Å². The highest BCUT2D eigenvalue weighted by Gasteiger charge is 2.30. The number of hydrogen-bond acceptors (Lipinski definition) is 3. The molecule has 1 aliphatic rings. The maximum atomic E-state index is 12.5. The van der Waals surface area contributed by atoms with Crippen LogP contribution in [0.4, 0.5) is 0 Å². The Bertz CT molecular complexity index is 281. The maximum absolute atomic E-state index is 12.5. The zero-order chi connectivity index (χ0) is 14.4. The highest BCUT2D eigenvalue weighted by molar-refractivity contribution is 5.77. The molecule has 2 N–H and O–H groups in total. The number of rotatable bonds is 6. The molecule has 1 rings (SSSR count). The minimum Gasteiger partial charge on any atom is -0.375 e. The number of hydrogen-bond donors (Lipinski definition) is 1. The molecule has 4 heteroatoms. The molecule has 1 amide bonds. The number of carbonyl (C=O) groups excluding carboxylic acids is 1. The molecular weight excluding hydrogens is 240 g/mol. The Kier molecular flexibility index (Phi) is 6.80. The number of nitrogens with zero attached hydrogens (tertiary/aromatic N) is 1. The van der Waals surface area contributed by atoms with Crippen LogP contribution in [-0.4, -0.2) is 42.6 Å². The number of carbonyl (C=O) groups is 1. The Labute approximate surface area is 117 Å². The van der Waals surface area contributed by atoms with Gasteiger partial charge in [0, 0.05) is 13.0 Å². The molecule has 0 saturated carbocycles. The van der Waals surface area contributed by atoms with E-state index in [4.69, 9.17) is 10.5 Å². The highest BCUT2D eigenvalue weighted by atomic mass is 16.5. The van der Waals surface area contributed by atoms with E-state index in [1.54, 1.807) is 0 Å². The average Bonchev–Trinajstić information content (AvgIpc) is 2.37. The Morgan fingerprint density at radius 1 is 1.47 bits per heavy atom. The monoisotopic (exact) mass is 270 g/mol. The van der Waals surface area contributed by atoms with Crippen LogP contribution in [0.1, 0.15) is 47.0 Å². The zero-order valence-corrected chi connectivity index (χ0v) is 12.9. The van der Waals surface area contributed by atoms with Crippen LogP contribution >= 0.6 is 0 Å². The molecule has 4 nitrogen and oxygen atoms in total. The first-order chi connectivity index (χ1) is 8.97. The van der Waals surface area contributed by atoms with Crippen LogP contribution in [0.2, 0.25) is 0 Å². The summed E-state index contributed by atoms with van der Waals surface area (Å²) in [6.45, 7) is 10.5. The van der Waals surface area contributed by atoms with E-state index in [9.17, 15) is 4.79 Å². The summed E-state index contributed by atoms with van der Waals surface area (Å²) >= 11 is 0. The Hall–Kier alpha value is -0.610. The molecule has 0 aromatic carbocycles. The minimum atomic E-state index is 0.146. The van der Waals surface area contributed by atoms with E-state index in [2.05, 4.69) is 20.8 Å². The Balaban J connectivity index is 2.58. The van der Waals surface area contributed by atoms with Crippen molar-refractivity contribution in [2.75, 3.05) is 19.7 Å². The molecule has 1 heterocycles. The van der Waals surface area contributed by atoms with Gasteiger partial charge >= 0.3 is 0 Å². The summed E-state index contributed by atoms with van der Waals surface area (Å²) in [7, 11) is 0. The predicted octanol–water partition coefficient (Wildman–Crippen LogP) is 2.02. The van der Waals surface area contributed by atoms with Crippen molar-refractivity contribution in [3.05, 3.63) is 0 Å². The van der Waals surface area contributed by atoms with Crippen molar-refractivity contribution in [2.24, 2.45) is 17.6 Å². The van der Waals surface area contributed by atoms with Crippen molar-refractivity contribution in [1.29, 1.82) is 0 Å². The fourth-order valence-corrected chi connectivity index (χ4v) is 2.78. The molecule has 2 unspecified atom stereocenters. The van der Waals surface area contributed by atoms with E-state index in [-0.39, 0.29) is 18.1 Å². The van der Waals surface area contributed by atoms with Gasteiger partial charge in [-0.2, -0.15) is 0 Å². The van der Waals surface area contributed by atoms with E-state index in [1.165, 1.54) is 0 Å². The van der Waals surface area contributed by atoms with Gasteiger partial charge in [-0.05, 0) is 38.1 Å². The first-order valence-corrected chi connectivity index (χ1v) is 7.59. The molecule has 19 heavy (non-hydrogen) atoms. The van der Waals surface area contributed by atoms with Crippen LogP contribution in [-0.2, 0) is 9.53 Å². The number of amides is 1. The van der Waals surface area contributed by atoms with Gasteiger partial charge in [-0.15, -0.1) is 0 Å². The van der Waals surface area contributed by atoms with Gasteiger partial charge in [-0.25, -0.2) is 0 Å². The second-order valence-corrected chi connectivity index (χ2v) is 6.19. The number of morpholine rings is 1. The molecule has 112 valence electrons. The smallest absolute Gasteiger partial charge is 0.223 e. The second kappa shape index (κ2) is 7.85. The lowest BCUT2D eigenvalue weighted by Crippen LogP contribution is -2.51. The van der Waals surface area contributed by atoms with Crippen LogP contribution in [0.15, 0.2) is 0 Å². The molecular formula is C15H30N2O2. The summed E-state index contributed by atoms with van der Waals surface area (Å²) in [5, 5.41) is 0. The average molecular weight is 270 g/mol. The van der Waals surface area contributed by atoms with E-state index in [0.29, 0.717) is 31.4 Å². The standard InChI is InChI=1S/C15H30N2O2/c1-5-14-10-19-12(4)9-17(14)15(18)7-13(8-16)6-11(2)3/h11-14H,5-10,16H2,1-4H3/t12?,13-,14?/m0/s1. The molecule has 0 spiro atoms. The van der Waals surface area contributed by atoms with E-state index in [0.717, 1.165) is 19.4 Å². The molecule has 1 fully saturated rings. The molecule has 0 aliphatic carbocycles. The normalized spacial score (nSPS) is 25.7. The van der Waals surface area contributed by atoms with Gasteiger partial charge in [-0.1, -0.05) is 20.8 Å². The lowest BCUT2D eigenvalue weighted by molar-refractivity contribution is -0.145. The topological polar surface area (TPSA) is 55.6 Å². The zero-order valence-electron chi connectivity index (χ0n) is 12.9. The van der Waals surface area contributed by atoms with Crippen molar-refractivity contribution in [1.82, 2.24) is 4.90 Å². The number of nitrogens with two attached hydrogens (primary N) is 1. The lowest BCUT2D eigenvalue weighted by atomic mass is 9.93. The SMILES string of the molecule is CCC1COC(C)CN1C(=O)C[C@@H](CN)CC(C)C. The van der Waals surface area contributed by atoms with Crippen LogP contribution in [0.5, 0.6) is 0 Å². The Morgan fingerprint density at radius 2 is 2.16 bits per heavy atom. The summed E-state index contributed by atoms with van der Waals surface area (Å²) in [5.74, 6) is 1.15. The predicted molar refractivity (Wildman–Crippen MR) is 77.8 cm³/mol. The first-order valence-electron chi connectivity index (χ1n) is 7.59. The quantitative estimate of drug-likeness (QED) is 0.803. The van der Waals surface area contributed by atoms with Crippen molar-refractivity contribution < 1.29 is 9.53 Å². The van der Waals surface area contributed by atoms with E-state index < -0.39 is 0 Å². The van der Waals surface area contributed by atoms with Gasteiger partial charge in [0.2, 0.25) is 5.91 Å². The Morgan fingerprint density at radius 3 is 2.68 bits per heavy atom. The molecule has 1 aliphatic heterocycles.